The molecule has 9 heteroatoms. The lowest BCUT2D eigenvalue weighted by molar-refractivity contribution is -0.129. The van der Waals surface area contributed by atoms with Crippen molar-refractivity contribution < 1.29 is 33.1 Å². The SMILES string of the molecule is Cc1noc(C)c1COc1ccc(C(=O)OC(C)C(=O)NCc2ccc3c(c2)OCO3)cc1. The van der Waals surface area contributed by atoms with E-state index in [9.17, 15) is 9.59 Å². The van der Waals surface area contributed by atoms with Crippen molar-refractivity contribution in [1.82, 2.24) is 10.5 Å². The Bertz CT molecular complexity index is 1130. The highest BCUT2D eigenvalue weighted by atomic mass is 16.7. The van der Waals surface area contributed by atoms with Gasteiger partial charge in [0.25, 0.3) is 5.91 Å². The Kier molecular flexibility index (Phi) is 6.48. The number of carbonyl (C=O) groups is 2. The molecule has 1 unspecified atom stereocenters. The number of benzene rings is 2. The lowest BCUT2D eigenvalue weighted by atomic mass is 10.2. The summed E-state index contributed by atoms with van der Waals surface area (Å²) in [5.41, 5.74) is 2.82. The van der Waals surface area contributed by atoms with Crippen LogP contribution >= 0.6 is 0 Å². The standard InChI is InChI=1S/C24H24N2O7/c1-14-20(15(2)33-26-14)12-29-19-7-5-18(6-8-19)24(28)32-16(3)23(27)25-11-17-4-9-21-22(10-17)31-13-30-21/h4-10,16H,11-13H2,1-3H3,(H,25,27). The molecule has 4 rings (SSSR count). The highest BCUT2D eigenvalue weighted by Crippen LogP contribution is 2.32. The predicted octanol–water partition coefficient (Wildman–Crippen LogP) is 3.46. The summed E-state index contributed by atoms with van der Waals surface area (Å²) in [6.45, 7) is 5.96. The van der Waals surface area contributed by atoms with Crippen LogP contribution in [0.25, 0.3) is 0 Å². The van der Waals surface area contributed by atoms with Gasteiger partial charge in [0.1, 0.15) is 18.1 Å². The minimum atomic E-state index is -0.957. The van der Waals surface area contributed by atoms with Gasteiger partial charge in [-0.25, -0.2) is 4.79 Å². The van der Waals surface area contributed by atoms with Gasteiger partial charge in [-0.2, -0.15) is 0 Å². The molecule has 0 saturated carbocycles. The number of aromatic nitrogens is 1. The minimum absolute atomic E-state index is 0.187. The smallest absolute Gasteiger partial charge is 0.338 e. The van der Waals surface area contributed by atoms with Crippen LogP contribution in [0.15, 0.2) is 47.0 Å². The number of esters is 1. The number of hydrogen-bond donors (Lipinski definition) is 1. The van der Waals surface area contributed by atoms with Crippen LogP contribution < -0.4 is 19.5 Å². The molecule has 1 aromatic heterocycles. The Morgan fingerprint density at radius 3 is 2.58 bits per heavy atom. The fraction of sp³-hybridized carbons (Fsp3) is 0.292. The Morgan fingerprint density at radius 1 is 1.09 bits per heavy atom. The normalized spacial score (nSPS) is 12.8. The van der Waals surface area contributed by atoms with Crippen molar-refractivity contribution in [3.63, 3.8) is 0 Å². The third-order valence-electron chi connectivity index (χ3n) is 5.21. The first-order valence-electron chi connectivity index (χ1n) is 10.4. The monoisotopic (exact) mass is 452 g/mol. The van der Waals surface area contributed by atoms with Gasteiger partial charge in [-0.1, -0.05) is 11.2 Å². The molecule has 2 aromatic carbocycles. The molecule has 1 N–H and O–H groups in total. The van der Waals surface area contributed by atoms with E-state index in [1.165, 1.54) is 6.92 Å². The maximum atomic E-state index is 12.4. The maximum Gasteiger partial charge on any atom is 0.338 e. The Labute approximate surface area is 190 Å². The molecule has 0 radical (unpaired) electrons. The van der Waals surface area contributed by atoms with Gasteiger partial charge < -0.3 is 28.8 Å². The van der Waals surface area contributed by atoms with Crippen LogP contribution in [-0.4, -0.2) is 29.9 Å². The number of nitrogens with one attached hydrogen (secondary N) is 1. The van der Waals surface area contributed by atoms with Gasteiger partial charge in [0.15, 0.2) is 17.6 Å². The number of carbonyl (C=O) groups excluding carboxylic acids is 2. The molecule has 3 aromatic rings. The molecule has 1 atom stereocenters. The van der Waals surface area contributed by atoms with Crippen molar-refractivity contribution in [3.05, 3.63) is 70.6 Å². The number of aryl methyl sites for hydroxylation is 2. The van der Waals surface area contributed by atoms with Gasteiger partial charge in [-0.05, 0) is 62.7 Å². The second-order valence-electron chi connectivity index (χ2n) is 7.57. The van der Waals surface area contributed by atoms with Gasteiger partial charge >= 0.3 is 5.97 Å². The summed E-state index contributed by atoms with van der Waals surface area (Å²) in [5.74, 6) is 1.60. The van der Waals surface area contributed by atoms with E-state index in [4.69, 9.17) is 23.5 Å². The molecule has 1 aliphatic heterocycles. The quantitative estimate of drug-likeness (QED) is 0.518. The largest absolute Gasteiger partial charge is 0.489 e. The fourth-order valence-electron chi connectivity index (χ4n) is 3.22. The van der Waals surface area contributed by atoms with E-state index in [2.05, 4.69) is 10.5 Å². The average molecular weight is 452 g/mol. The topological polar surface area (TPSA) is 109 Å². The van der Waals surface area contributed by atoms with Gasteiger partial charge in [0.2, 0.25) is 6.79 Å². The molecule has 0 spiro atoms. The zero-order chi connectivity index (χ0) is 23.4. The molecule has 0 saturated heterocycles. The van der Waals surface area contributed by atoms with Gasteiger partial charge in [0, 0.05) is 6.54 Å². The molecule has 0 aliphatic carbocycles. The number of rotatable bonds is 8. The number of amides is 1. The van der Waals surface area contributed by atoms with Gasteiger partial charge in [-0.3, -0.25) is 4.79 Å². The van der Waals surface area contributed by atoms with E-state index < -0.39 is 18.0 Å². The lowest BCUT2D eigenvalue weighted by Gasteiger charge is -2.14. The maximum absolute atomic E-state index is 12.4. The molecule has 1 amide bonds. The zero-order valence-electron chi connectivity index (χ0n) is 18.5. The summed E-state index contributed by atoms with van der Waals surface area (Å²) >= 11 is 0. The van der Waals surface area contributed by atoms with Crippen LogP contribution in [0.2, 0.25) is 0 Å². The fourth-order valence-corrected chi connectivity index (χ4v) is 3.22. The van der Waals surface area contributed by atoms with E-state index in [0.29, 0.717) is 35.2 Å². The van der Waals surface area contributed by atoms with Crippen molar-refractivity contribution in [2.75, 3.05) is 6.79 Å². The first-order chi connectivity index (χ1) is 15.9. The molecular formula is C24H24N2O7. The predicted molar refractivity (Wildman–Crippen MR) is 116 cm³/mol. The third kappa shape index (κ3) is 5.25. The summed E-state index contributed by atoms with van der Waals surface area (Å²) in [4.78, 5) is 24.8. The van der Waals surface area contributed by atoms with Crippen LogP contribution in [0.4, 0.5) is 0 Å². The lowest BCUT2D eigenvalue weighted by Crippen LogP contribution is -2.35. The number of nitrogens with zero attached hydrogens (tertiary/aromatic N) is 1. The van der Waals surface area contributed by atoms with Crippen molar-refractivity contribution in [3.8, 4) is 17.2 Å². The van der Waals surface area contributed by atoms with Gasteiger partial charge in [0.05, 0.1) is 16.8 Å². The highest BCUT2D eigenvalue weighted by Gasteiger charge is 2.20. The summed E-state index contributed by atoms with van der Waals surface area (Å²) < 4.78 is 26.7. The second kappa shape index (κ2) is 9.64. The molecular weight excluding hydrogens is 428 g/mol. The zero-order valence-corrected chi connectivity index (χ0v) is 18.5. The van der Waals surface area contributed by atoms with Crippen molar-refractivity contribution in [2.24, 2.45) is 0 Å². The Morgan fingerprint density at radius 2 is 1.85 bits per heavy atom. The minimum Gasteiger partial charge on any atom is -0.489 e. The molecule has 1 aliphatic rings. The van der Waals surface area contributed by atoms with Crippen LogP contribution in [0.1, 0.15) is 39.9 Å². The molecule has 172 valence electrons. The van der Waals surface area contributed by atoms with E-state index >= 15 is 0 Å². The highest BCUT2D eigenvalue weighted by molar-refractivity contribution is 5.92. The Balaban J connectivity index is 1.26. The third-order valence-corrected chi connectivity index (χ3v) is 5.21. The second-order valence-corrected chi connectivity index (χ2v) is 7.57. The summed E-state index contributed by atoms with van der Waals surface area (Å²) in [5, 5.41) is 6.64. The molecule has 2 heterocycles. The van der Waals surface area contributed by atoms with Crippen LogP contribution in [0, 0.1) is 13.8 Å². The number of hydrogen-bond acceptors (Lipinski definition) is 8. The summed E-state index contributed by atoms with van der Waals surface area (Å²) in [6.07, 6.45) is -0.957. The van der Waals surface area contributed by atoms with E-state index in [0.717, 1.165) is 16.8 Å². The van der Waals surface area contributed by atoms with Crippen molar-refractivity contribution in [1.29, 1.82) is 0 Å². The Hall–Kier alpha value is -4.01. The van der Waals surface area contributed by atoms with Crippen LogP contribution in [0.3, 0.4) is 0 Å². The molecule has 0 bridgehead atoms. The van der Waals surface area contributed by atoms with Crippen molar-refractivity contribution >= 4 is 11.9 Å². The van der Waals surface area contributed by atoms with Crippen LogP contribution in [-0.2, 0) is 22.7 Å². The molecule has 33 heavy (non-hydrogen) atoms. The first kappa shape index (κ1) is 22.2. The van der Waals surface area contributed by atoms with Gasteiger partial charge in [-0.15, -0.1) is 0 Å². The average Bonchev–Trinajstić information content (AvgIpc) is 3.41. The van der Waals surface area contributed by atoms with E-state index in [1.54, 1.807) is 36.4 Å². The van der Waals surface area contributed by atoms with Crippen LogP contribution in [0.5, 0.6) is 17.2 Å². The molecule has 9 nitrogen and oxygen atoms in total. The van der Waals surface area contributed by atoms with Crippen molar-refractivity contribution in [2.45, 2.75) is 40.0 Å². The summed E-state index contributed by atoms with van der Waals surface area (Å²) in [7, 11) is 0. The summed E-state index contributed by atoms with van der Waals surface area (Å²) in [6, 6.07) is 11.9. The molecule has 0 fully saturated rings. The van der Waals surface area contributed by atoms with E-state index in [-0.39, 0.29) is 13.3 Å². The van der Waals surface area contributed by atoms with E-state index in [1.807, 2.05) is 19.9 Å². The number of ether oxygens (including phenoxy) is 4. The first-order valence-corrected chi connectivity index (χ1v) is 10.4. The number of fused-ring (bicyclic) bond motifs is 1.